The number of nitrogens with one attached hydrogen (secondary N) is 2. The largest absolute Gasteiger partial charge is 0.359 e. The summed E-state index contributed by atoms with van der Waals surface area (Å²) in [5, 5.41) is 6.39. The minimum atomic E-state index is -1.19. The van der Waals surface area contributed by atoms with Gasteiger partial charge in [-0.3, -0.25) is 14.4 Å². The van der Waals surface area contributed by atoms with Gasteiger partial charge in [-0.05, 0) is 67.9 Å². The number of carbonyl (C=O) groups excluding carboxylic acids is 3. The van der Waals surface area contributed by atoms with Crippen LogP contribution in [-0.2, 0) is 19.1 Å². The fourth-order valence-electron chi connectivity index (χ4n) is 7.84. The number of anilines is 1. The zero-order chi connectivity index (χ0) is 29.1. The second kappa shape index (κ2) is 10.4. The van der Waals surface area contributed by atoms with Crippen molar-refractivity contribution in [2.75, 3.05) is 5.32 Å². The lowest BCUT2D eigenvalue weighted by Gasteiger charge is -2.39. The van der Waals surface area contributed by atoms with Crippen LogP contribution in [-0.4, -0.2) is 46.4 Å². The number of carbonyl (C=O) groups is 3. The molecular formula is C34H41N3O4. The number of amides is 3. The summed E-state index contributed by atoms with van der Waals surface area (Å²) in [7, 11) is 0. The molecule has 2 bridgehead atoms. The van der Waals surface area contributed by atoms with Crippen LogP contribution in [0.3, 0.4) is 0 Å². The Bertz CT molecular complexity index is 1370. The molecule has 1 saturated carbocycles. The smallest absolute Gasteiger partial charge is 0.246 e. The number of nitrogens with zero attached hydrogens (tertiary/aromatic N) is 1. The summed E-state index contributed by atoms with van der Waals surface area (Å²) >= 11 is 0. The molecule has 0 radical (unpaired) electrons. The van der Waals surface area contributed by atoms with Gasteiger partial charge in [-0.25, -0.2) is 0 Å². The van der Waals surface area contributed by atoms with Crippen molar-refractivity contribution < 1.29 is 19.1 Å². The summed E-state index contributed by atoms with van der Waals surface area (Å²) in [5.74, 6) is -1.33. The van der Waals surface area contributed by atoms with E-state index in [0.29, 0.717) is 17.5 Å². The third-order valence-electron chi connectivity index (χ3n) is 10.1. The Balaban J connectivity index is 1.35. The van der Waals surface area contributed by atoms with Gasteiger partial charge in [0.1, 0.15) is 11.6 Å². The maximum Gasteiger partial charge on any atom is 0.246 e. The maximum absolute atomic E-state index is 14.4. The van der Waals surface area contributed by atoms with Crippen molar-refractivity contribution >= 4 is 23.4 Å². The van der Waals surface area contributed by atoms with Gasteiger partial charge in [0.2, 0.25) is 17.7 Å². The van der Waals surface area contributed by atoms with Crippen LogP contribution in [0.25, 0.3) is 0 Å². The van der Waals surface area contributed by atoms with E-state index in [2.05, 4.69) is 30.5 Å². The highest BCUT2D eigenvalue weighted by Gasteiger charge is 2.73. The summed E-state index contributed by atoms with van der Waals surface area (Å²) in [4.78, 5) is 44.3. The van der Waals surface area contributed by atoms with Crippen molar-refractivity contribution in [2.24, 2.45) is 23.7 Å². The second-order valence-corrected chi connectivity index (χ2v) is 12.8. The van der Waals surface area contributed by atoms with E-state index in [4.69, 9.17) is 4.74 Å². The van der Waals surface area contributed by atoms with Gasteiger partial charge in [0, 0.05) is 11.7 Å². The van der Waals surface area contributed by atoms with Crippen LogP contribution in [0.2, 0.25) is 0 Å². The topological polar surface area (TPSA) is 87.7 Å². The van der Waals surface area contributed by atoms with Gasteiger partial charge in [0.25, 0.3) is 0 Å². The highest BCUT2D eigenvalue weighted by atomic mass is 16.5. The molecule has 7 heteroatoms. The first-order valence-electron chi connectivity index (χ1n) is 15.0. The number of ether oxygens (including phenoxy) is 1. The molecule has 2 N–H and O–H groups in total. The molecule has 3 amide bonds. The van der Waals surface area contributed by atoms with Crippen LogP contribution < -0.4 is 10.6 Å². The maximum atomic E-state index is 14.4. The van der Waals surface area contributed by atoms with Gasteiger partial charge in [-0.15, -0.1) is 0 Å². The van der Waals surface area contributed by atoms with Crippen molar-refractivity contribution in [1.29, 1.82) is 0 Å². The van der Waals surface area contributed by atoms with E-state index in [9.17, 15) is 14.4 Å². The molecule has 1 aliphatic carbocycles. The minimum absolute atomic E-state index is 0.0388. The van der Waals surface area contributed by atoms with E-state index < -0.39 is 29.6 Å². The van der Waals surface area contributed by atoms with E-state index >= 15 is 0 Å². The third kappa shape index (κ3) is 4.58. The van der Waals surface area contributed by atoms with Crippen molar-refractivity contribution in [3.8, 4) is 0 Å². The van der Waals surface area contributed by atoms with E-state index in [-0.39, 0.29) is 29.8 Å². The number of aryl methyl sites for hydroxylation is 2. The van der Waals surface area contributed by atoms with Crippen molar-refractivity contribution in [3.63, 3.8) is 0 Å². The Morgan fingerprint density at radius 3 is 2.44 bits per heavy atom. The van der Waals surface area contributed by atoms with E-state index in [0.717, 1.165) is 36.0 Å². The minimum Gasteiger partial charge on any atom is -0.359 e. The van der Waals surface area contributed by atoms with Gasteiger partial charge < -0.3 is 20.3 Å². The molecule has 41 heavy (non-hydrogen) atoms. The molecule has 9 atom stereocenters. The van der Waals surface area contributed by atoms with Crippen molar-refractivity contribution in [3.05, 3.63) is 77.4 Å². The molecule has 3 heterocycles. The molecule has 216 valence electrons. The van der Waals surface area contributed by atoms with Gasteiger partial charge in [-0.1, -0.05) is 75.2 Å². The Labute approximate surface area is 242 Å². The lowest BCUT2D eigenvalue weighted by molar-refractivity contribution is -0.144. The van der Waals surface area contributed by atoms with Crippen LogP contribution in [0.5, 0.6) is 0 Å². The second-order valence-electron chi connectivity index (χ2n) is 12.8. The van der Waals surface area contributed by atoms with Crippen LogP contribution >= 0.6 is 0 Å². The van der Waals surface area contributed by atoms with Crippen molar-refractivity contribution in [1.82, 2.24) is 10.2 Å². The Hall–Kier alpha value is -3.45. The van der Waals surface area contributed by atoms with E-state index in [1.165, 1.54) is 0 Å². The summed E-state index contributed by atoms with van der Waals surface area (Å²) in [5.41, 5.74) is 2.53. The van der Waals surface area contributed by atoms with Crippen LogP contribution in [0, 0.1) is 37.5 Å². The number of benzene rings is 2. The molecule has 2 aromatic carbocycles. The van der Waals surface area contributed by atoms with Gasteiger partial charge in [0.15, 0.2) is 0 Å². The van der Waals surface area contributed by atoms with Crippen molar-refractivity contribution in [2.45, 2.75) is 83.7 Å². The molecule has 3 fully saturated rings. The summed E-state index contributed by atoms with van der Waals surface area (Å²) in [6.45, 7) is 10.4. The predicted molar refractivity (Wildman–Crippen MR) is 158 cm³/mol. The molecule has 0 aromatic heterocycles. The highest BCUT2D eigenvalue weighted by Crippen LogP contribution is 2.56. The summed E-state index contributed by atoms with van der Waals surface area (Å²) in [6, 6.07) is 14.4. The van der Waals surface area contributed by atoms with E-state index in [1.807, 2.05) is 75.4 Å². The number of hydrogen-bond acceptors (Lipinski definition) is 4. The van der Waals surface area contributed by atoms with Crippen LogP contribution in [0.1, 0.15) is 62.8 Å². The lowest BCUT2D eigenvalue weighted by atomic mass is 9.73. The Morgan fingerprint density at radius 2 is 1.73 bits per heavy atom. The Morgan fingerprint density at radius 1 is 1.02 bits per heavy atom. The van der Waals surface area contributed by atoms with Gasteiger partial charge >= 0.3 is 0 Å². The average Bonchev–Trinajstić information content (AvgIpc) is 3.58. The average molecular weight is 556 g/mol. The zero-order valence-electron chi connectivity index (χ0n) is 24.6. The molecular weight excluding hydrogens is 514 g/mol. The fraction of sp³-hybridized carbons (Fsp3) is 0.500. The molecule has 6 rings (SSSR count). The molecule has 1 spiro atoms. The summed E-state index contributed by atoms with van der Waals surface area (Å²) < 4.78 is 6.57. The number of hydrogen-bond donors (Lipinski definition) is 2. The molecule has 2 aromatic rings. The van der Waals surface area contributed by atoms with E-state index in [1.54, 1.807) is 4.90 Å². The number of fused-ring (bicyclic) bond motifs is 1. The molecule has 4 aliphatic rings. The molecule has 3 aliphatic heterocycles. The first-order chi connectivity index (χ1) is 19.6. The molecule has 2 saturated heterocycles. The summed E-state index contributed by atoms with van der Waals surface area (Å²) in [6.07, 6.45) is 6.34. The Kier molecular flexibility index (Phi) is 7.05. The highest BCUT2D eigenvalue weighted by molar-refractivity contribution is 6.03. The fourth-order valence-corrected chi connectivity index (χ4v) is 7.84. The predicted octanol–water partition coefficient (Wildman–Crippen LogP) is 5.09. The SMILES string of the molecule is Cc1cc(C)cc(NC(=O)[C@@H]2[C@@H]3C=C[C@]4(O3)[C@@H]2C(=O)N([C@H](C)c2ccccc2)[C@H]4C(=O)N[C@@H]2CCC[C@H](C)[C@@H]2C)c1. The third-order valence-corrected chi connectivity index (χ3v) is 10.1. The first kappa shape index (κ1) is 27.7. The quantitative estimate of drug-likeness (QED) is 0.486. The molecule has 7 nitrogen and oxygen atoms in total. The van der Waals surface area contributed by atoms with Crippen LogP contribution in [0.4, 0.5) is 5.69 Å². The first-order valence-corrected chi connectivity index (χ1v) is 15.0. The van der Waals surface area contributed by atoms with Gasteiger partial charge in [0.05, 0.1) is 24.0 Å². The van der Waals surface area contributed by atoms with Crippen LogP contribution in [0.15, 0.2) is 60.7 Å². The number of likely N-dealkylation sites (tertiary alicyclic amines) is 1. The molecule has 0 unspecified atom stereocenters. The number of rotatable bonds is 6. The normalized spacial score (nSPS) is 34.4. The van der Waals surface area contributed by atoms with Gasteiger partial charge in [-0.2, -0.15) is 0 Å². The standard InChI is InChI=1S/C34H41N3O4/c1-19-16-20(2)18-25(17-19)35-31(38)28-27-14-15-34(41-27)29(28)33(40)37(23(5)24-11-7-6-8-12-24)30(34)32(39)36-26-13-9-10-21(3)22(26)4/h6-8,11-12,14-18,21-23,26-30H,9-10,13H2,1-5H3,(H,35,38)(H,36,39)/t21-,22-,23+,26+,27-,28+,29-,30-,34-/m0/s1. The lowest BCUT2D eigenvalue weighted by Crippen LogP contribution is -2.58. The zero-order valence-corrected chi connectivity index (χ0v) is 24.6. The monoisotopic (exact) mass is 555 g/mol.